The highest BCUT2D eigenvalue weighted by Gasteiger charge is 2.18. The smallest absolute Gasteiger partial charge is 0.309 e. The number of unbranched alkanes of at least 4 members (excludes halogenated alkanes) is 9. The van der Waals surface area contributed by atoms with Gasteiger partial charge < -0.3 is 9.47 Å². The van der Waals surface area contributed by atoms with Crippen LogP contribution in [0.4, 0.5) is 0 Å². The molecule has 144 valence electrons. The largest absolute Gasteiger partial charge is 0.463 e. The third-order valence-corrected chi connectivity index (χ3v) is 4.55. The number of esters is 1. The van der Waals surface area contributed by atoms with E-state index in [9.17, 15) is 4.79 Å². The van der Waals surface area contributed by atoms with Gasteiger partial charge in [-0.15, -0.1) is 0 Å². The van der Waals surface area contributed by atoms with Crippen LogP contribution in [0.1, 0.15) is 104 Å². The summed E-state index contributed by atoms with van der Waals surface area (Å²) in [6.45, 7) is 7.94. The van der Waals surface area contributed by atoms with Crippen LogP contribution >= 0.6 is 0 Å². The molecule has 0 aromatic carbocycles. The summed E-state index contributed by atoms with van der Waals surface area (Å²) < 4.78 is 10.6. The van der Waals surface area contributed by atoms with Gasteiger partial charge in [0.2, 0.25) is 0 Å². The minimum absolute atomic E-state index is 0.0209. The Bertz CT molecular complexity index is 266. The van der Waals surface area contributed by atoms with E-state index in [1.165, 1.54) is 57.8 Å². The average molecular weight is 343 g/mol. The number of carbonyl (C=O) groups excluding carboxylic acids is 1. The standard InChI is InChI=1S/C21H42O3/c1-4-7-8-9-10-11-12-13-14-15-17-20(16-5-2)21(22)24-19-18-23-6-3/h20H,4-19H2,1-3H3. The van der Waals surface area contributed by atoms with Gasteiger partial charge in [0.25, 0.3) is 0 Å². The SMILES string of the molecule is CCCCCCCCCCCCC(CCC)C(=O)OCCOCC. The molecule has 3 heteroatoms. The van der Waals surface area contributed by atoms with Gasteiger partial charge in [0, 0.05) is 6.61 Å². The highest BCUT2D eigenvalue weighted by atomic mass is 16.6. The number of hydrogen-bond acceptors (Lipinski definition) is 3. The second kappa shape index (κ2) is 18.8. The van der Waals surface area contributed by atoms with Gasteiger partial charge >= 0.3 is 5.97 Å². The Morgan fingerprint density at radius 3 is 1.83 bits per heavy atom. The van der Waals surface area contributed by atoms with Crippen LogP contribution in [-0.4, -0.2) is 25.8 Å². The molecular formula is C21H42O3. The van der Waals surface area contributed by atoms with Gasteiger partial charge in [0.05, 0.1) is 12.5 Å². The molecule has 0 saturated carbocycles. The van der Waals surface area contributed by atoms with E-state index in [0.29, 0.717) is 19.8 Å². The third kappa shape index (κ3) is 15.0. The summed E-state index contributed by atoms with van der Waals surface area (Å²) in [5.41, 5.74) is 0. The number of ether oxygens (including phenoxy) is 2. The van der Waals surface area contributed by atoms with E-state index in [-0.39, 0.29) is 11.9 Å². The monoisotopic (exact) mass is 342 g/mol. The molecule has 0 heterocycles. The predicted molar refractivity (Wildman–Crippen MR) is 102 cm³/mol. The van der Waals surface area contributed by atoms with Gasteiger partial charge in [-0.3, -0.25) is 4.79 Å². The van der Waals surface area contributed by atoms with Crippen molar-refractivity contribution in [1.82, 2.24) is 0 Å². The van der Waals surface area contributed by atoms with E-state index >= 15 is 0 Å². The summed E-state index contributed by atoms with van der Waals surface area (Å²) in [7, 11) is 0. The second-order valence-corrected chi connectivity index (χ2v) is 6.82. The first kappa shape index (κ1) is 23.4. The lowest BCUT2D eigenvalue weighted by molar-refractivity contribution is -0.150. The van der Waals surface area contributed by atoms with Gasteiger partial charge in [-0.1, -0.05) is 84.5 Å². The summed E-state index contributed by atoms with van der Waals surface area (Å²) in [6, 6.07) is 0. The fourth-order valence-corrected chi connectivity index (χ4v) is 3.07. The molecule has 0 aromatic rings. The van der Waals surface area contributed by atoms with Gasteiger partial charge in [0.1, 0.15) is 6.61 Å². The Kier molecular flexibility index (Phi) is 18.3. The third-order valence-electron chi connectivity index (χ3n) is 4.55. The molecule has 0 amide bonds. The Labute approximate surface area is 150 Å². The molecule has 0 bridgehead atoms. The molecule has 0 aliphatic heterocycles. The van der Waals surface area contributed by atoms with Crippen molar-refractivity contribution < 1.29 is 14.3 Å². The van der Waals surface area contributed by atoms with Crippen LogP contribution < -0.4 is 0 Å². The molecule has 1 atom stereocenters. The normalized spacial score (nSPS) is 12.3. The zero-order valence-electron chi connectivity index (χ0n) is 16.6. The topological polar surface area (TPSA) is 35.5 Å². The lowest BCUT2D eigenvalue weighted by Crippen LogP contribution is -2.20. The first-order valence-electron chi connectivity index (χ1n) is 10.5. The summed E-state index contributed by atoms with van der Waals surface area (Å²) in [6.07, 6.45) is 16.3. The maximum atomic E-state index is 12.1. The molecule has 0 aliphatic carbocycles. The summed E-state index contributed by atoms with van der Waals surface area (Å²) in [5, 5.41) is 0. The van der Waals surface area contributed by atoms with Crippen molar-refractivity contribution in [3.05, 3.63) is 0 Å². The van der Waals surface area contributed by atoms with Crippen molar-refractivity contribution >= 4 is 5.97 Å². The molecule has 0 N–H and O–H groups in total. The zero-order chi connectivity index (χ0) is 17.9. The Morgan fingerprint density at radius 2 is 1.29 bits per heavy atom. The molecular weight excluding hydrogens is 300 g/mol. The van der Waals surface area contributed by atoms with Crippen molar-refractivity contribution in [2.75, 3.05) is 19.8 Å². The highest BCUT2D eigenvalue weighted by molar-refractivity contribution is 5.72. The fraction of sp³-hybridized carbons (Fsp3) is 0.952. The molecule has 0 fully saturated rings. The summed E-state index contributed by atoms with van der Waals surface area (Å²) >= 11 is 0. The number of hydrogen-bond donors (Lipinski definition) is 0. The van der Waals surface area contributed by atoms with E-state index < -0.39 is 0 Å². The van der Waals surface area contributed by atoms with Crippen LogP contribution in [0.3, 0.4) is 0 Å². The minimum atomic E-state index is -0.0209. The molecule has 0 rings (SSSR count). The minimum Gasteiger partial charge on any atom is -0.463 e. The fourth-order valence-electron chi connectivity index (χ4n) is 3.07. The summed E-state index contributed by atoms with van der Waals surface area (Å²) in [4.78, 5) is 12.1. The zero-order valence-corrected chi connectivity index (χ0v) is 16.6. The molecule has 1 unspecified atom stereocenters. The Balaban J connectivity index is 3.61. The molecule has 0 spiro atoms. The lowest BCUT2D eigenvalue weighted by atomic mass is 9.96. The van der Waals surface area contributed by atoms with Gasteiger partial charge in [-0.2, -0.15) is 0 Å². The van der Waals surface area contributed by atoms with Crippen LogP contribution in [0.25, 0.3) is 0 Å². The molecule has 0 radical (unpaired) electrons. The van der Waals surface area contributed by atoms with Crippen LogP contribution in [0.15, 0.2) is 0 Å². The lowest BCUT2D eigenvalue weighted by Gasteiger charge is -2.15. The van der Waals surface area contributed by atoms with Crippen LogP contribution in [0, 0.1) is 5.92 Å². The van der Waals surface area contributed by atoms with Crippen LogP contribution in [0.5, 0.6) is 0 Å². The van der Waals surface area contributed by atoms with E-state index in [0.717, 1.165) is 25.7 Å². The first-order valence-corrected chi connectivity index (χ1v) is 10.5. The predicted octanol–water partition coefficient (Wildman–Crippen LogP) is 6.29. The van der Waals surface area contributed by atoms with Crippen molar-refractivity contribution in [1.29, 1.82) is 0 Å². The summed E-state index contributed by atoms with van der Waals surface area (Å²) in [5.74, 6) is 0.0677. The highest BCUT2D eigenvalue weighted by Crippen LogP contribution is 2.19. The molecule has 3 nitrogen and oxygen atoms in total. The number of carbonyl (C=O) groups is 1. The van der Waals surface area contributed by atoms with Crippen LogP contribution in [0.2, 0.25) is 0 Å². The van der Waals surface area contributed by atoms with Crippen molar-refractivity contribution in [3.63, 3.8) is 0 Å². The Morgan fingerprint density at radius 1 is 0.708 bits per heavy atom. The van der Waals surface area contributed by atoms with Gasteiger partial charge in [0.15, 0.2) is 0 Å². The van der Waals surface area contributed by atoms with Crippen molar-refractivity contribution in [2.24, 2.45) is 5.92 Å². The van der Waals surface area contributed by atoms with Gasteiger partial charge in [-0.25, -0.2) is 0 Å². The molecule has 0 aliphatic rings. The van der Waals surface area contributed by atoms with Crippen molar-refractivity contribution in [3.8, 4) is 0 Å². The van der Waals surface area contributed by atoms with E-state index in [1.807, 2.05) is 6.92 Å². The molecule has 0 aromatic heterocycles. The molecule has 24 heavy (non-hydrogen) atoms. The van der Waals surface area contributed by atoms with Crippen molar-refractivity contribution in [2.45, 2.75) is 104 Å². The van der Waals surface area contributed by atoms with Crippen LogP contribution in [-0.2, 0) is 14.3 Å². The maximum absolute atomic E-state index is 12.1. The van der Waals surface area contributed by atoms with Gasteiger partial charge in [-0.05, 0) is 19.8 Å². The second-order valence-electron chi connectivity index (χ2n) is 6.82. The Hall–Kier alpha value is -0.570. The van der Waals surface area contributed by atoms with E-state index in [1.54, 1.807) is 0 Å². The molecule has 0 saturated heterocycles. The maximum Gasteiger partial charge on any atom is 0.309 e. The average Bonchev–Trinajstić information content (AvgIpc) is 2.59. The quantitative estimate of drug-likeness (QED) is 0.217. The van der Waals surface area contributed by atoms with E-state index in [2.05, 4.69) is 13.8 Å². The first-order chi connectivity index (χ1) is 11.8. The number of rotatable bonds is 18. The van der Waals surface area contributed by atoms with E-state index in [4.69, 9.17) is 9.47 Å².